The van der Waals surface area contributed by atoms with Crippen molar-refractivity contribution in [1.82, 2.24) is 0 Å². The van der Waals surface area contributed by atoms with E-state index in [1.807, 2.05) is 19.1 Å². The van der Waals surface area contributed by atoms with Crippen LogP contribution in [0.5, 0.6) is 17.2 Å². The van der Waals surface area contributed by atoms with Crippen LogP contribution in [0, 0.1) is 0 Å². The Morgan fingerprint density at radius 2 is 1.67 bits per heavy atom. The first-order valence-electron chi connectivity index (χ1n) is 6.69. The Balaban J connectivity index is 2.40. The van der Waals surface area contributed by atoms with Gasteiger partial charge < -0.3 is 14.2 Å². The molecule has 0 aliphatic heterocycles. The number of rotatable bonds is 6. The van der Waals surface area contributed by atoms with Crippen LogP contribution in [0.1, 0.15) is 22.8 Å². The second-order valence-electron chi connectivity index (χ2n) is 4.33. The van der Waals surface area contributed by atoms with Crippen molar-refractivity contribution in [3.63, 3.8) is 0 Å². The second kappa shape index (κ2) is 6.79. The first-order chi connectivity index (χ1) is 10.2. The maximum Gasteiger partial charge on any atom is 0.196 e. The molecule has 0 saturated heterocycles. The average molecular weight is 286 g/mol. The van der Waals surface area contributed by atoms with Crippen LogP contribution in [0.3, 0.4) is 0 Å². The van der Waals surface area contributed by atoms with Gasteiger partial charge in [0.15, 0.2) is 17.3 Å². The zero-order valence-electron chi connectivity index (χ0n) is 12.4. The molecule has 2 rings (SSSR count). The smallest absolute Gasteiger partial charge is 0.196 e. The number of methoxy groups -OCH3 is 2. The lowest BCUT2D eigenvalue weighted by Gasteiger charge is -2.11. The number of hydrogen-bond acceptors (Lipinski definition) is 4. The van der Waals surface area contributed by atoms with Gasteiger partial charge in [0.2, 0.25) is 0 Å². The van der Waals surface area contributed by atoms with Gasteiger partial charge in [0.05, 0.1) is 26.4 Å². The first-order valence-corrected chi connectivity index (χ1v) is 6.69. The van der Waals surface area contributed by atoms with E-state index in [0.29, 0.717) is 35.0 Å². The molecule has 0 amide bonds. The van der Waals surface area contributed by atoms with E-state index in [9.17, 15) is 4.79 Å². The van der Waals surface area contributed by atoms with Crippen molar-refractivity contribution in [2.24, 2.45) is 0 Å². The predicted octanol–water partition coefficient (Wildman–Crippen LogP) is 3.33. The lowest BCUT2D eigenvalue weighted by Crippen LogP contribution is -2.06. The van der Waals surface area contributed by atoms with E-state index in [1.165, 1.54) is 0 Å². The molecule has 0 atom stereocenters. The number of benzene rings is 2. The Morgan fingerprint density at radius 3 is 2.33 bits per heavy atom. The van der Waals surface area contributed by atoms with E-state index in [4.69, 9.17) is 14.2 Å². The highest BCUT2D eigenvalue weighted by Crippen LogP contribution is 2.30. The molecule has 2 aromatic carbocycles. The molecular formula is C17H18O4. The molecular weight excluding hydrogens is 268 g/mol. The van der Waals surface area contributed by atoms with Crippen molar-refractivity contribution in [2.45, 2.75) is 6.92 Å². The quantitative estimate of drug-likeness (QED) is 0.764. The van der Waals surface area contributed by atoms with E-state index in [1.54, 1.807) is 44.6 Å². The number of para-hydroxylation sites is 1. The summed E-state index contributed by atoms with van der Waals surface area (Å²) in [6.07, 6.45) is 0. The number of carbonyl (C=O) groups is 1. The number of ketones is 1. The summed E-state index contributed by atoms with van der Waals surface area (Å²) in [5, 5.41) is 0. The van der Waals surface area contributed by atoms with E-state index in [0.717, 1.165) is 0 Å². The number of hydrogen-bond donors (Lipinski definition) is 0. The summed E-state index contributed by atoms with van der Waals surface area (Å²) in [6.45, 7) is 2.40. The molecule has 0 N–H and O–H groups in total. The molecule has 0 fully saturated rings. The topological polar surface area (TPSA) is 44.8 Å². The van der Waals surface area contributed by atoms with Gasteiger partial charge in [-0.2, -0.15) is 0 Å². The summed E-state index contributed by atoms with van der Waals surface area (Å²) in [5.74, 6) is 1.59. The van der Waals surface area contributed by atoms with Gasteiger partial charge in [0.25, 0.3) is 0 Å². The van der Waals surface area contributed by atoms with Crippen molar-refractivity contribution in [3.05, 3.63) is 53.6 Å². The molecule has 21 heavy (non-hydrogen) atoms. The van der Waals surface area contributed by atoms with Crippen molar-refractivity contribution in [1.29, 1.82) is 0 Å². The summed E-state index contributed by atoms with van der Waals surface area (Å²) in [5.41, 5.74) is 1.06. The van der Waals surface area contributed by atoms with Gasteiger partial charge in [-0.1, -0.05) is 12.1 Å². The summed E-state index contributed by atoms with van der Waals surface area (Å²) >= 11 is 0. The molecule has 0 unspecified atom stereocenters. The van der Waals surface area contributed by atoms with Gasteiger partial charge in [0.1, 0.15) is 5.75 Å². The Kier molecular flexibility index (Phi) is 4.82. The van der Waals surface area contributed by atoms with Crippen LogP contribution in [-0.4, -0.2) is 26.6 Å². The van der Waals surface area contributed by atoms with Crippen molar-refractivity contribution >= 4 is 5.78 Å². The number of carbonyl (C=O) groups excluding carboxylic acids is 1. The van der Waals surface area contributed by atoms with Gasteiger partial charge in [-0.05, 0) is 37.3 Å². The highest BCUT2D eigenvalue weighted by molar-refractivity contribution is 6.11. The molecule has 0 aliphatic rings. The summed E-state index contributed by atoms with van der Waals surface area (Å²) < 4.78 is 15.9. The largest absolute Gasteiger partial charge is 0.493 e. The molecule has 0 heterocycles. The molecule has 0 saturated carbocycles. The fourth-order valence-electron chi connectivity index (χ4n) is 2.07. The predicted molar refractivity (Wildman–Crippen MR) is 80.6 cm³/mol. The Hall–Kier alpha value is -2.49. The SMILES string of the molecule is CCOc1ccccc1C(=O)c1ccc(OC)c(OC)c1. The van der Waals surface area contributed by atoms with Gasteiger partial charge in [-0.3, -0.25) is 4.79 Å². The standard InChI is InChI=1S/C17H18O4/c1-4-21-14-8-6-5-7-13(14)17(18)12-9-10-15(19-2)16(11-12)20-3/h5-11H,4H2,1-3H3. The monoisotopic (exact) mass is 286 g/mol. The van der Waals surface area contributed by atoms with Gasteiger partial charge in [-0.15, -0.1) is 0 Å². The maximum atomic E-state index is 12.6. The van der Waals surface area contributed by atoms with Crippen LogP contribution in [0.25, 0.3) is 0 Å². The molecule has 4 nitrogen and oxygen atoms in total. The summed E-state index contributed by atoms with van der Waals surface area (Å²) in [7, 11) is 3.10. The lowest BCUT2D eigenvalue weighted by atomic mass is 10.0. The zero-order valence-corrected chi connectivity index (χ0v) is 12.4. The van der Waals surface area contributed by atoms with Crippen LogP contribution in [0.4, 0.5) is 0 Å². The van der Waals surface area contributed by atoms with Crippen LogP contribution < -0.4 is 14.2 Å². The fraction of sp³-hybridized carbons (Fsp3) is 0.235. The average Bonchev–Trinajstić information content (AvgIpc) is 2.54. The highest BCUT2D eigenvalue weighted by atomic mass is 16.5. The van der Waals surface area contributed by atoms with E-state index in [-0.39, 0.29) is 5.78 Å². The van der Waals surface area contributed by atoms with Crippen LogP contribution >= 0.6 is 0 Å². The molecule has 2 aromatic rings. The van der Waals surface area contributed by atoms with E-state index < -0.39 is 0 Å². The minimum atomic E-state index is -0.111. The number of ether oxygens (including phenoxy) is 3. The van der Waals surface area contributed by atoms with Crippen LogP contribution in [-0.2, 0) is 0 Å². The summed E-state index contributed by atoms with van der Waals surface area (Å²) in [6, 6.07) is 12.3. The lowest BCUT2D eigenvalue weighted by molar-refractivity contribution is 0.103. The third-order valence-corrected chi connectivity index (χ3v) is 3.08. The first kappa shape index (κ1) is 14.9. The van der Waals surface area contributed by atoms with Crippen molar-refractivity contribution in [3.8, 4) is 17.2 Å². The third kappa shape index (κ3) is 3.16. The van der Waals surface area contributed by atoms with Crippen LogP contribution in [0.15, 0.2) is 42.5 Å². The Morgan fingerprint density at radius 1 is 0.952 bits per heavy atom. The van der Waals surface area contributed by atoms with Crippen molar-refractivity contribution in [2.75, 3.05) is 20.8 Å². The molecule has 0 spiro atoms. The minimum absolute atomic E-state index is 0.111. The minimum Gasteiger partial charge on any atom is -0.493 e. The molecule has 0 aromatic heterocycles. The molecule has 0 bridgehead atoms. The van der Waals surface area contributed by atoms with Gasteiger partial charge >= 0.3 is 0 Å². The van der Waals surface area contributed by atoms with Gasteiger partial charge in [0, 0.05) is 5.56 Å². The summed E-state index contributed by atoms with van der Waals surface area (Å²) in [4.78, 5) is 12.6. The molecule has 110 valence electrons. The zero-order chi connectivity index (χ0) is 15.2. The fourth-order valence-corrected chi connectivity index (χ4v) is 2.07. The normalized spacial score (nSPS) is 10.0. The van der Waals surface area contributed by atoms with E-state index in [2.05, 4.69) is 0 Å². The third-order valence-electron chi connectivity index (χ3n) is 3.08. The van der Waals surface area contributed by atoms with Gasteiger partial charge in [-0.25, -0.2) is 0 Å². The second-order valence-corrected chi connectivity index (χ2v) is 4.33. The molecule has 0 aliphatic carbocycles. The molecule has 4 heteroatoms. The highest BCUT2D eigenvalue weighted by Gasteiger charge is 2.16. The Bertz CT molecular complexity index is 634. The molecule has 0 radical (unpaired) electrons. The van der Waals surface area contributed by atoms with Crippen molar-refractivity contribution < 1.29 is 19.0 Å². The Labute approximate surface area is 124 Å². The maximum absolute atomic E-state index is 12.6. The van der Waals surface area contributed by atoms with E-state index >= 15 is 0 Å². The van der Waals surface area contributed by atoms with Crippen LogP contribution in [0.2, 0.25) is 0 Å².